The Balaban J connectivity index is 2.13. The molecule has 6 heteroatoms. The molecular formula is C16H18N4O2. The molecule has 0 bridgehead atoms. The Morgan fingerprint density at radius 1 is 1.32 bits per heavy atom. The second kappa shape index (κ2) is 7.12. The summed E-state index contributed by atoms with van der Waals surface area (Å²) in [6.07, 6.45) is 3.38. The number of hydrogen-bond acceptors (Lipinski definition) is 5. The second-order valence-electron chi connectivity index (χ2n) is 4.62. The normalized spacial score (nSPS) is 10.0. The Bertz CT molecular complexity index is 686. The first kappa shape index (κ1) is 15.4. The lowest BCUT2D eigenvalue weighted by molar-refractivity contribution is 0.199. The first-order chi connectivity index (χ1) is 10.6. The number of ether oxygens (including phenoxy) is 1. The van der Waals surface area contributed by atoms with Gasteiger partial charge < -0.3 is 21.5 Å². The molecule has 1 heterocycles. The monoisotopic (exact) mass is 298 g/mol. The van der Waals surface area contributed by atoms with Gasteiger partial charge in [0.15, 0.2) is 0 Å². The predicted molar refractivity (Wildman–Crippen MR) is 87.3 cm³/mol. The third-order valence-electron chi connectivity index (χ3n) is 2.94. The molecule has 114 valence electrons. The van der Waals surface area contributed by atoms with Gasteiger partial charge in [-0.05, 0) is 30.2 Å². The number of amides is 1. The maximum atomic E-state index is 11.6. The standard InChI is InChI=1S/C16H18N4O2/c1-2-3-7-20-16(21)22-15-9-11(6-8-19-15)13-5-4-12(17)10-14(13)18/h2,4-6,8-10H,1,3,7,17-18H2,(H,20,21). The minimum Gasteiger partial charge on any atom is -0.399 e. The van der Waals surface area contributed by atoms with Crippen LogP contribution in [-0.4, -0.2) is 17.6 Å². The van der Waals surface area contributed by atoms with Gasteiger partial charge in [0.2, 0.25) is 5.88 Å². The molecule has 0 aliphatic heterocycles. The van der Waals surface area contributed by atoms with Crippen molar-refractivity contribution in [1.29, 1.82) is 0 Å². The number of hydrogen-bond donors (Lipinski definition) is 3. The van der Waals surface area contributed by atoms with Gasteiger partial charge in [0.25, 0.3) is 0 Å². The summed E-state index contributed by atoms with van der Waals surface area (Å²) in [5, 5.41) is 2.60. The van der Waals surface area contributed by atoms with Crippen LogP contribution in [0.4, 0.5) is 16.2 Å². The molecule has 0 atom stereocenters. The van der Waals surface area contributed by atoms with Gasteiger partial charge in [0.05, 0.1) is 0 Å². The number of carbonyl (C=O) groups is 1. The van der Waals surface area contributed by atoms with Crippen LogP contribution in [0.1, 0.15) is 6.42 Å². The summed E-state index contributed by atoms with van der Waals surface area (Å²) in [7, 11) is 0. The fourth-order valence-corrected chi connectivity index (χ4v) is 1.88. The van der Waals surface area contributed by atoms with E-state index in [1.807, 2.05) is 6.07 Å². The van der Waals surface area contributed by atoms with Gasteiger partial charge in [0.1, 0.15) is 0 Å². The molecule has 0 aliphatic carbocycles. The lowest BCUT2D eigenvalue weighted by atomic mass is 10.0. The first-order valence-corrected chi connectivity index (χ1v) is 6.78. The lowest BCUT2D eigenvalue weighted by Crippen LogP contribution is -2.27. The van der Waals surface area contributed by atoms with E-state index in [4.69, 9.17) is 16.2 Å². The van der Waals surface area contributed by atoms with Crippen LogP contribution in [-0.2, 0) is 0 Å². The average Bonchev–Trinajstić information content (AvgIpc) is 2.47. The Labute approximate surface area is 128 Å². The van der Waals surface area contributed by atoms with E-state index < -0.39 is 6.09 Å². The largest absolute Gasteiger partial charge is 0.413 e. The first-order valence-electron chi connectivity index (χ1n) is 6.78. The molecule has 0 fully saturated rings. The molecule has 0 unspecified atom stereocenters. The van der Waals surface area contributed by atoms with Gasteiger partial charge in [-0.2, -0.15) is 0 Å². The number of rotatable bonds is 5. The topological polar surface area (TPSA) is 103 Å². The SMILES string of the molecule is C=CCCNC(=O)Oc1cc(-c2ccc(N)cc2N)ccn1. The van der Waals surface area contributed by atoms with E-state index in [1.165, 1.54) is 0 Å². The third-order valence-corrected chi connectivity index (χ3v) is 2.94. The molecule has 0 aliphatic rings. The molecule has 0 radical (unpaired) electrons. The highest BCUT2D eigenvalue weighted by molar-refractivity contribution is 5.79. The third kappa shape index (κ3) is 3.99. The number of pyridine rings is 1. The van der Waals surface area contributed by atoms with Crippen LogP contribution in [0.15, 0.2) is 49.2 Å². The van der Waals surface area contributed by atoms with E-state index in [0.717, 1.165) is 11.1 Å². The fourth-order valence-electron chi connectivity index (χ4n) is 1.88. The molecule has 0 spiro atoms. The van der Waals surface area contributed by atoms with Gasteiger partial charge in [-0.3, -0.25) is 0 Å². The van der Waals surface area contributed by atoms with E-state index in [-0.39, 0.29) is 5.88 Å². The van der Waals surface area contributed by atoms with E-state index in [2.05, 4.69) is 16.9 Å². The Hall–Kier alpha value is -3.02. The summed E-state index contributed by atoms with van der Waals surface area (Å²) in [5.74, 6) is 0.199. The maximum Gasteiger partial charge on any atom is 0.413 e. The smallest absolute Gasteiger partial charge is 0.399 e. The highest BCUT2D eigenvalue weighted by Gasteiger charge is 2.08. The summed E-state index contributed by atoms with van der Waals surface area (Å²) in [6, 6.07) is 8.68. The molecule has 6 nitrogen and oxygen atoms in total. The van der Waals surface area contributed by atoms with Crippen LogP contribution in [0.2, 0.25) is 0 Å². The van der Waals surface area contributed by atoms with Crippen molar-refractivity contribution < 1.29 is 9.53 Å². The quantitative estimate of drug-likeness (QED) is 0.447. The molecule has 5 N–H and O–H groups in total. The second-order valence-corrected chi connectivity index (χ2v) is 4.62. The van der Waals surface area contributed by atoms with Crippen molar-refractivity contribution in [3.05, 3.63) is 49.2 Å². The number of benzene rings is 1. The van der Waals surface area contributed by atoms with E-state index in [0.29, 0.717) is 24.3 Å². The van der Waals surface area contributed by atoms with Crippen molar-refractivity contribution in [3.8, 4) is 17.0 Å². The summed E-state index contributed by atoms with van der Waals surface area (Å²) in [6.45, 7) is 4.04. The maximum absolute atomic E-state index is 11.6. The lowest BCUT2D eigenvalue weighted by Gasteiger charge is -2.09. The zero-order chi connectivity index (χ0) is 15.9. The molecular weight excluding hydrogens is 280 g/mol. The molecule has 1 aromatic carbocycles. The summed E-state index contributed by atoms with van der Waals surface area (Å²) in [4.78, 5) is 15.6. The Morgan fingerprint density at radius 2 is 2.14 bits per heavy atom. The van der Waals surface area contributed by atoms with Crippen molar-refractivity contribution in [2.24, 2.45) is 0 Å². The number of nitrogens with one attached hydrogen (secondary N) is 1. The minimum atomic E-state index is -0.559. The Morgan fingerprint density at radius 3 is 2.86 bits per heavy atom. The molecule has 0 saturated carbocycles. The zero-order valence-electron chi connectivity index (χ0n) is 12.1. The summed E-state index contributed by atoms with van der Waals surface area (Å²) < 4.78 is 5.13. The van der Waals surface area contributed by atoms with Crippen molar-refractivity contribution >= 4 is 17.5 Å². The van der Waals surface area contributed by atoms with Gasteiger partial charge in [-0.15, -0.1) is 6.58 Å². The molecule has 2 aromatic rings. The summed E-state index contributed by atoms with van der Waals surface area (Å²) >= 11 is 0. The van der Waals surface area contributed by atoms with Crippen LogP contribution >= 0.6 is 0 Å². The van der Waals surface area contributed by atoms with Crippen molar-refractivity contribution in [1.82, 2.24) is 10.3 Å². The molecule has 0 saturated heterocycles. The number of nitrogen functional groups attached to an aromatic ring is 2. The number of carbonyl (C=O) groups excluding carboxylic acids is 1. The molecule has 1 amide bonds. The van der Waals surface area contributed by atoms with E-state index in [1.54, 1.807) is 36.5 Å². The van der Waals surface area contributed by atoms with Gasteiger partial charge >= 0.3 is 6.09 Å². The van der Waals surface area contributed by atoms with Crippen LogP contribution in [0, 0.1) is 0 Å². The molecule has 1 aromatic heterocycles. The molecule has 22 heavy (non-hydrogen) atoms. The summed E-state index contributed by atoms with van der Waals surface area (Å²) in [5.41, 5.74) is 14.4. The fraction of sp³-hybridized carbons (Fsp3) is 0.125. The van der Waals surface area contributed by atoms with Gasteiger partial charge in [0, 0.05) is 35.7 Å². The van der Waals surface area contributed by atoms with Crippen molar-refractivity contribution in [2.75, 3.05) is 18.0 Å². The number of anilines is 2. The van der Waals surface area contributed by atoms with E-state index >= 15 is 0 Å². The molecule has 2 rings (SSSR count). The van der Waals surface area contributed by atoms with Crippen molar-refractivity contribution in [2.45, 2.75) is 6.42 Å². The zero-order valence-corrected chi connectivity index (χ0v) is 12.1. The van der Waals surface area contributed by atoms with Gasteiger partial charge in [-0.25, -0.2) is 9.78 Å². The highest BCUT2D eigenvalue weighted by atomic mass is 16.6. The van der Waals surface area contributed by atoms with Crippen LogP contribution in [0.25, 0.3) is 11.1 Å². The number of nitrogens with two attached hydrogens (primary N) is 2. The van der Waals surface area contributed by atoms with Crippen molar-refractivity contribution in [3.63, 3.8) is 0 Å². The minimum absolute atomic E-state index is 0.199. The van der Waals surface area contributed by atoms with Crippen LogP contribution in [0.3, 0.4) is 0 Å². The number of aromatic nitrogens is 1. The van der Waals surface area contributed by atoms with Crippen LogP contribution in [0.5, 0.6) is 5.88 Å². The average molecular weight is 298 g/mol. The number of nitrogens with zero attached hydrogens (tertiary/aromatic N) is 1. The van der Waals surface area contributed by atoms with E-state index in [9.17, 15) is 4.79 Å². The highest BCUT2D eigenvalue weighted by Crippen LogP contribution is 2.29. The Kier molecular flexibility index (Phi) is 4.98. The predicted octanol–water partition coefficient (Wildman–Crippen LogP) is 2.58. The van der Waals surface area contributed by atoms with Crippen LogP contribution < -0.4 is 21.5 Å². The van der Waals surface area contributed by atoms with Gasteiger partial charge in [-0.1, -0.05) is 12.1 Å².